The van der Waals surface area contributed by atoms with Gasteiger partial charge in [0.15, 0.2) is 0 Å². The van der Waals surface area contributed by atoms with Gasteiger partial charge in [-0.2, -0.15) is 0 Å². The molecule has 3 aliphatic rings. The largest absolute Gasteiger partial charge is 0.632 e. The summed E-state index contributed by atoms with van der Waals surface area (Å²) in [6, 6.07) is 38.7. The second-order valence-electron chi connectivity index (χ2n) is 15.2. The first-order valence-electron chi connectivity index (χ1n) is 19.5. The molecule has 3 aliphatic heterocycles. The van der Waals surface area contributed by atoms with E-state index in [0.29, 0.717) is 60.6 Å². The minimum Gasteiger partial charge on any atom is -0.519 e. The van der Waals surface area contributed by atoms with E-state index in [1.54, 1.807) is 0 Å². The second kappa shape index (κ2) is 14.9. The molecule has 0 radical (unpaired) electrons. The summed E-state index contributed by atoms with van der Waals surface area (Å²) in [5.41, 5.74) is 18.9. The fourth-order valence-corrected chi connectivity index (χ4v) is 8.80. The van der Waals surface area contributed by atoms with Crippen molar-refractivity contribution >= 4 is 45.9 Å². The van der Waals surface area contributed by atoms with Crippen LogP contribution in [0.5, 0.6) is 11.5 Å². The molecule has 0 aliphatic carbocycles. The molecule has 0 aromatic heterocycles. The highest BCUT2D eigenvalue weighted by Crippen LogP contribution is 2.39. The Hall–Kier alpha value is -5.64. The molecule has 2 saturated heterocycles. The van der Waals surface area contributed by atoms with E-state index in [1.807, 2.05) is 76.5 Å². The number of rotatable bonds is 7. The summed E-state index contributed by atoms with van der Waals surface area (Å²) in [5.74, 6) is 2.21. The van der Waals surface area contributed by atoms with Gasteiger partial charge >= 0.3 is 7.12 Å². The summed E-state index contributed by atoms with van der Waals surface area (Å²) in [5, 5.41) is 3.64. The van der Waals surface area contributed by atoms with E-state index in [9.17, 15) is 9.59 Å². The fraction of sp³-hybridized carbons (Fsp3) is 0.261. The number of carbonyl (C=O) groups excluding carboxylic acids is 2. The Kier molecular flexibility index (Phi) is 9.50. The molecule has 3 heterocycles. The van der Waals surface area contributed by atoms with Crippen LogP contribution in [0.4, 0.5) is 0 Å². The van der Waals surface area contributed by atoms with Gasteiger partial charge in [-0.3, -0.25) is 9.59 Å². The molecule has 276 valence electrons. The zero-order chi connectivity index (χ0) is 37.5. The van der Waals surface area contributed by atoms with Gasteiger partial charge in [0.25, 0.3) is 11.8 Å². The first-order chi connectivity index (χ1) is 26.9. The molecule has 4 N–H and O–H groups in total. The molecule has 0 unspecified atom stereocenters. The predicted molar refractivity (Wildman–Crippen MR) is 219 cm³/mol. The monoisotopic (exact) mass is 728 g/mol. The Labute approximate surface area is 322 Å². The SMILES string of the molecule is NCc1cccc(C2CCN(C(=O)c3cccc4cc(B5Oc6cc7cccc(C(=O)N8CCC(c9cccc(CN)c9)CC8)c7cc6O5)ccc34)CC2)c1. The molecule has 6 aromatic rings. The van der Waals surface area contributed by atoms with Crippen LogP contribution in [0.15, 0.2) is 115 Å². The molecule has 9 rings (SSSR count). The molecular weight excluding hydrogens is 683 g/mol. The van der Waals surface area contributed by atoms with Gasteiger partial charge in [-0.1, -0.05) is 91.0 Å². The number of fused-ring (bicyclic) bond motifs is 3. The van der Waals surface area contributed by atoms with Gasteiger partial charge in [-0.15, -0.1) is 0 Å². The maximum atomic E-state index is 13.9. The summed E-state index contributed by atoms with van der Waals surface area (Å²) in [6.45, 7) is 3.92. The summed E-state index contributed by atoms with van der Waals surface area (Å²) in [6.07, 6.45) is 3.70. The van der Waals surface area contributed by atoms with Gasteiger partial charge in [-0.05, 0) is 106 Å². The average Bonchev–Trinajstić information content (AvgIpc) is 3.67. The lowest BCUT2D eigenvalue weighted by Crippen LogP contribution is -2.39. The number of carbonyl (C=O) groups is 2. The van der Waals surface area contributed by atoms with Gasteiger partial charge in [0.2, 0.25) is 0 Å². The molecule has 0 atom stereocenters. The Morgan fingerprint density at radius 3 is 1.60 bits per heavy atom. The lowest BCUT2D eigenvalue weighted by atomic mass is 9.78. The van der Waals surface area contributed by atoms with Crippen molar-refractivity contribution < 1.29 is 18.9 Å². The van der Waals surface area contributed by atoms with E-state index >= 15 is 0 Å². The molecule has 8 nitrogen and oxygen atoms in total. The van der Waals surface area contributed by atoms with Crippen LogP contribution in [0.2, 0.25) is 0 Å². The van der Waals surface area contributed by atoms with Crippen LogP contribution in [0, 0.1) is 0 Å². The Morgan fingerprint density at radius 1 is 0.564 bits per heavy atom. The van der Waals surface area contributed by atoms with Crippen LogP contribution in [-0.2, 0) is 13.1 Å². The van der Waals surface area contributed by atoms with E-state index in [4.69, 9.17) is 20.8 Å². The van der Waals surface area contributed by atoms with Crippen LogP contribution in [-0.4, -0.2) is 54.9 Å². The van der Waals surface area contributed by atoms with E-state index in [1.165, 1.54) is 11.1 Å². The fourth-order valence-electron chi connectivity index (χ4n) is 8.80. The number of amides is 2. The lowest BCUT2D eigenvalue weighted by molar-refractivity contribution is 0.0707. The normalized spacial score (nSPS) is 16.3. The quantitative estimate of drug-likeness (QED) is 0.170. The van der Waals surface area contributed by atoms with Crippen molar-refractivity contribution in [3.8, 4) is 11.5 Å². The highest BCUT2D eigenvalue weighted by molar-refractivity contribution is 6.64. The average molecular weight is 729 g/mol. The topological polar surface area (TPSA) is 111 Å². The minimum absolute atomic E-state index is 0.0386. The molecule has 55 heavy (non-hydrogen) atoms. The molecule has 0 bridgehead atoms. The highest BCUT2D eigenvalue weighted by atomic mass is 16.6. The van der Waals surface area contributed by atoms with Crippen molar-refractivity contribution in [3.63, 3.8) is 0 Å². The zero-order valence-electron chi connectivity index (χ0n) is 31.0. The number of nitrogens with zero attached hydrogens (tertiary/aromatic N) is 2. The predicted octanol–water partition coefficient (Wildman–Crippen LogP) is 7.12. The van der Waals surface area contributed by atoms with Crippen LogP contribution in [0.3, 0.4) is 0 Å². The van der Waals surface area contributed by atoms with Gasteiger partial charge in [0, 0.05) is 55.9 Å². The van der Waals surface area contributed by atoms with Crippen LogP contribution in [0.1, 0.15) is 80.5 Å². The van der Waals surface area contributed by atoms with E-state index < -0.39 is 7.12 Å². The number of nitrogens with two attached hydrogens (primary N) is 2. The number of hydrogen-bond acceptors (Lipinski definition) is 6. The standard InChI is InChI=1S/C46H45BN4O4/c48-28-30-5-1-7-34(23-30)32-15-19-50(20-16-32)45(52)40-11-3-9-36-25-38(13-14-39(36)40)47-54-43-26-37-10-4-12-41(42(37)27-44(43)55-47)46(53)51-21-17-33(18-22-51)35-8-2-6-31(24-35)29-49/h1-14,23-27,32-33H,15-22,28-29,48-49H2. The molecule has 0 saturated carbocycles. The number of hydrogen-bond donors (Lipinski definition) is 2. The number of likely N-dealkylation sites (tertiary alicyclic amines) is 2. The summed E-state index contributed by atoms with van der Waals surface area (Å²) in [7, 11) is -0.650. The molecule has 9 heteroatoms. The van der Waals surface area contributed by atoms with Gasteiger partial charge in [0.05, 0.1) is 0 Å². The highest BCUT2D eigenvalue weighted by Gasteiger charge is 2.36. The van der Waals surface area contributed by atoms with Crippen molar-refractivity contribution in [2.45, 2.75) is 50.6 Å². The first kappa shape index (κ1) is 35.1. The van der Waals surface area contributed by atoms with Crippen molar-refractivity contribution in [1.82, 2.24) is 9.80 Å². The van der Waals surface area contributed by atoms with Gasteiger partial charge in [0.1, 0.15) is 11.5 Å². The molecular formula is C46H45BN4O4. The van der Waals surface area contributed by atoms with Crippen molar-refractivity contribution in [2.24, 2.45) is 11.5 Å². The number of piperidine rings is 2. The Balaban J connectivity index is 0.885. The Morgan fingerprint density at radius 2 is 1.05 bits per heavy atom. The zero-order valence-corrected chi connectivity index (χ0v) is 31.0. The van der Waals surface area contributed by atoms with Crippen LogP contribution < -0.4 is 26.2 Å². The van der Waals surface area contributed by atoms with Crippen molar-refractivity contribution in [1.29, 1.82) is 0 Å². The minimum atomic E-state index is -0.650. The third kappa shape index (κ3) is 6.83. The van der Waals surface area contributed by atoms with E-state index in [2.05, 4.69) is 48.5 Å². The van der Waals surface area contributed by atoms with Gasteiger partial charge < -0.3 is 30.6 Å². The molecule has 0 spiro atoms. The third-order valence-electron chi connectivity index (χ3n) is 11.9. The first-order valence-corrected chi connectivity index (χ1v) is 19.5. The Bertz CT molecular complexity index is 2420. The van der Waals surface area contributed by atoms with Gasteiger partial charge in [-0.25, -0.2) is 0 Å². The van der Waals surface area contributed by atoms with E-state index in [-0.39, 0.29) is 11.8 Å². The summed E-state index contributed by atoms with van der Waals surface area (Å²) >= 11 is 0. The smallest absolute Gasteiger partial charge is 0.519 e. The number of benzene rings is 6. The summed E-state index contributed by atoms with van der Waals surface area (Å²) in [4.78, 5) is 31.8. The van der Waals surface area contributed by atoms with Crippen molar-refractivity contribution in [3.05, 3.63) is 149 Å². The van der Waals surface area contributed by atoms with Crippen molar-refractivity contribution in [2.75, 3.05) is 26.2 Å². The summed E-state index contributed by atoms with van der Waals surface area (Å²) < 4.78 is 12.8. The molecule has 6 aromatic carbocycles. The maximum Gasteiger partial charge on any atom is 0.632 e. The molecule has 2 fully saturated rings. The maximum absolute atomic E-state index is 13.9. The third-order valence-corrected chi connectivity index (χ3v) is 11.9. The molecule has 2 amide bonds. The second-order valence-corrected chi connectivity index (χ2v) is 15.2. The lowest BCUT2D eigenvalue weighted by Gasteiger charge is -2.32. The van der Waals surface area contributed by atoms with Crippen LogP contribution >= 0.6 is 0 Å². The van der Waals surface area contributed by atoms with Crippen LogP contribution in [0.25, 0.3) is 21.5 Å². The van der Waals surface area contributed by atoms with E-state index in [0.717, 1.165) is 76.9 Å².